The molecule has 0 aliphatic heterocycles. The minimum absolute atomic E-state index is 0.306. The van der Waals surface area contributed by atoms with Gasteiger partial charge < -0.3 is 10.5 Å². The maximum Gasteiger partial charge on any atom is 0.186 e. The van der Waals surface area contributed by atoms with Gasteiger partial charge in [-0.2, -0.15) is 5.10 Å². The van der Waals surface area contributed by atoms with Crippen LogP contribution in [-0.2, 0) is 0 Å². The molecular weight excluding hydrogens is 249 g/mol. The molecule has 0 saturated carbocycles. The van der Waals surface area contributed by atoms with E-state index in [1.807, 2.05) is 0 Å². The molecule has 0 bridgehead atoms. The van der Waals surface area contributed by atoms with Crippen molar-refractivity contribution < 1.29 is 9.13 Å². The smallest absolute Gasteiger partial charge is 0.186 e. The van der Waals surface area contributed by atoms with Crippen LogP contribution in [0.3, 0.4) is 0 Å². The zero-order valence-corrected chi connectivity index (χ0v) is 10.0. The molecule has 1 aromatic carbocycles. The zero-order chi connectivity index (χ0) is 13.4. The Morgan fingerprint density at radius 2 is 2.16 bits per heavy atom. The second-order valence-electron chi connectivity index (χ2n) is 3.90. The maximum absolute atomic E-state index is 13.2. The van der Waals surface area contributed by atoms with Gasteiger partial charge in [-0.1, -0.05) is 0 Å². The summed E-state index contributed by atoms with van der Waals surface area (Å²) < 4.78 is 18.4. The van der Waals surface area contributed by atoms with E-state index < -0.39 is 0 Å². The topological polar surface area (TPSA) is 89.7 Å². The highest BCUT2D eigenvalue weighted by atomic mass is 19.1. The number of fused-ring (bicyclic) bond motifs is 1. The number of aromatic amines is 1. The molecule has 0 aliphatic carbocycles. The second-order valence-corrected chi connectivity index (χ2v) is 3.90. The summed E-state index contributed by atoms with van der Waals surface area (Å²) in [7, 11) is 1.47. The fourth-order valence-electron chi connectivity index (χ4n) is 1.95. The predicted molar refractivity (Wildman–Crippen MR) is 68.0 cm³/mol. The lowest BCUT2D eigenvalue weighted by molar-refractivity contribution is 0.413. The van der Waals surface area contributed by atoms with Crippen molar-refractivity contribution in [3.8, 4) is 17.0 Å². The minimum Gasteiger partial charge on any atom is -0.496 e. The molecule has 2 aromatic heterocycles. The molecule has 0 unspecified atom stereocenters. The number of ether oxygens (including phenoxy) is 1. The Kier molecular flexibility index (Phi) is 2.52. The van der Waals surface area contributed by atoms with E-state index in [2.05, 4.69) is 20.2 Å². The van der Waals surface area contributed by atoms with E-state index in [1.165, 1.54) is 25.6 Å². The third kappa shape index (κ3) is 1.75. The molecule has 2 heterocycles. The predicted octanol–water partition coefficient (Wildman–Crippen LogP) is 1.75. The van der Waals surface area contributed by atoms with Crippen LogP contribution in [0.5, 0.6) is 5.75 Å². The van der Waals surface area contributed by atoms with Crippen LogP contribution < -0.4 is 10.5 Å². The number of methoxy groups -OCH3 is 1. The number of nitrogens with one attached hydrogen (secondary N) is 1. The molecular formula is C12H10FN5O. The van der Waals surface area contributed by atoms with Gasteiger partial charge in [-0.05, 0) is 12.1 Å². The number of anilines is 1. The summed E-state index contributed by atoms with van der Waals surface area (Å²) in [5.74, 6) is 0.308. The van der Waals surface area contributed by atoms with Crippen LogP contribution in [0.25, 0.3) is 22.3 Å². The first-order valence-corrected chi connectivity index (χ1v) is 5.49. The lowest BCUT2D eigenvalue weighted by Crippen LogP contribution is -1.94. The number of hydrogen-bond acceptors (Lipinski definition) is 5. The number of aromatic nitrogens is 4. The van der Waals surface area contributed by atoms with Crippen molar-refractivity contribution in [1.82, 2.24) is 20.2 Å². The maximum atomic E-state index is 13.2. The van der Waals surface area contributed by atoms with E-state index in [1.54, 1.807) is 6.07 Å². The van der Waals surface area contributed by atoms with E-state index in [4.69, 9.17) is 10.5 Å². The number of H-pyrrole nitrogens is 1. The van der Waals surface area contributed by atoms with Crippen molar-refractivity contribution in [3.05, 3.63) is 30.3 Å². The third-order valence-corrected chi connectivity index (χ3v) is 2.81. The molecule has 0 saturated heterocycles. The van der Waals surface area contributed by atoms with Crippen molar-refractivity contribution in [2.24, 2.45) is 0 Å². The van der Waals surface area contributed by atoms with Crippen molar-refractivity contribution in [2.45, 2.75) is 0 Å². The van der Waals surface area contributed by atoms with Crippen LogP contribution in [0.2, 0.25) is 0 Å². The first kappa shape index (κ1) is 11.4. The second kappa shape index (κ2) is 4.20. The van der Waals surface area contributed by atoms with Gasteiger partial charge in [-0.3, -0.25) is 5.10 Å². The number of halogens is 1. The van der Waals surface area contributed by atoms with Gasteiger partial charge in [0.1, 0.15) is 23.7 Å². The lowest BCUT2D eigenvalue weighted by atomic mass is 10.1. The van der Waals surface area contributed by atoms with E-state index in [-0.39, 0.29) is 5.82 Å². The average molecular weight is 259 g/mol. The summed E-state index contributed by atoms with van der Waals surface area (Å²) >= 11 is 0. The molecule has 0 amide bonds. The van der Waals surface area contributed by atoms with Gasteiger partial charge >= 0.3 is 0 Å². The van der Waals surface area contributed by atoms with Crippen molar-refractivity contribution in [1.29, 1.82) is 0 Å². The van der Waals surface area contributed by atoms with E-state index in [0.717, 1.165) is 0 Å². The highest BCUT2D eigenvalue weighted by molar-refractivity contribution is 5.98. The van der Waals surface area contributed by atoms with E-state index in [9.17, 15) is 4.39 Å². The zero-order valence-electron chi connectivity index (χ0n) is 10.0. The summed E-state index contributed by atoms with van der Waals surface area (Å²) in [5, 5.41) is 7.47. The van der Waals surface area contributed by atoms with E-state index >= 15 is 0 Å². The Balaban J connectivity index is 2.31. The Labute approximate surface area is 107 Å². The van der Waals surface area contributed by atoms with Gasteiger partial charge in [0.2, 0.25) is 0 Å². The highest BCUT2D eigenvalue weighted by Crippen LogP contribution is 2.34. The Morgan fingerprint density at radius 1 is 1.32 bits per heavy atom. The fraction of sp³-hybridized carbons (Fsp3) is 0.0833. The van der Waals surface area contributed by atoms with Crippen LogP contribution in [0, 0.1) is 5.82 Å². The van der Waals surface area contributed by atoms with Gasteiger partial charge in [-0.15, -0.1) is 0 Å². The molecule has 0 aliphatic rings. The van der Waals surface area contributed by atoms with Crippen LogP contribution in [0.1, 0.15) is 0 Å². The van der Waals surface area contributed by atoms with Crippen LogP contribution in [0.15, 0.2) is 24.5 Å². The van der Waals surface area contributed by atoms with Gasteiger partial charge in [0.25, 0.3) is 0 Å². The lowest BCUT2D eigenvalue weighted by Gasteiger charge is -2.07. The SMILES string of the molecule is COc1cc(F)ccc1-c1[nH]nc2ncnc(N)c12. The van der Waals surface area contributed by atoms with Gasteiger partial charge in [0.15, 0.2) is 5.65 Å². The molecule has 0 fully saturated rings. The first-order valence-electron chi connectivity index (χ1n) is 5.49. The molecule has 3 aromatic rings. The number of rotatable bonds is 2. The monoisotopic (exact) mass is 259 g/mol. The Bertz CT molecular complexity index is 755. The Morgan fingerprint density at radius 3 is 2.95 bits per heavy atom. The number of nitrogens with two attached hydrogens (primary N) is 1. The molecule has 19 heavy (non-hydrogen) atoms. The molecule has 3 rings (SSSR count). The van der Waals surface area contributed by atoms with Crippen molar-refractivity contribution in [2.75, 3.05) is 12.8 Å². The first-order chi connectivity index (χ1) is 9.20. The summed E-state index contributed by atoms with van der Waals surface area (Å²) in [5.41, 5.74) is 7.53. The Hall–Kier alpha value is -2.70. The largest absolute Gasteiger partial charge is 0.496 e. The minimum atomic E-state index is -0.381. The van der Waals surface area contributed by atoms with Crippen molar-refractivity contribution in [3.63, 3.8) is 0 Å². The fourth-order valence-corrected chi connectivity index (χ4v) is 1.95. The summed E-state index contributed by atoms with van der Waals surface area (Å²) in [6.45, 7) is 0. The quantitative estimate of drug-likeness (QED) is 0.731. The number of nitrogen functional groups attached to an aromatic ring is 1. The molecule has 0 spiro atoms. The summed E-state index contributed by atoms with van der Waals surface area (Å²) in [6.07, 6.45) is 1.34. The summed E-state index contributed by atoms with van der Waals surface area (Å²) in [6, 6.07) is 4.22. The van der Waals surface area contributed by atoms with Crippen LogP contribution in [0.4, 0.5) is 10.2 Å². The van der Waals surface area contributed by atoms with Crippen molar-refractivity contribution >= 4 is 16.9 Å². The summed E-state index contributed by atoms with van der Waals surface area (Å²) in [4.78, 5) is 7.94. The van der Waals surface area contributed by atoms with Crippen LogP contribution >= 0.6 is 0 Å². The van der Waals surface area contributed by atoms with Crippen LogP contribution in [-0.4, -0.2) is 27.3 Å². The molecule has 0 atom stereocenters. The molecule has 3 N–H and O–H groups in total. The normalized spacial score (nSPS) is 10.8. The average Bonchev–Trinajstić information content (AvgIpc) is 2.84. The highest BCUT2D eigenvalue weighted by Gasteiger charge is 2.16. The third-order valence-electron chi connectivity index (χ3n) is 2.81. The molecule has 7 heteroatoms. The standard InChI is InChI=1S/C12H10FN5O/c1-19-8-4-6(13)2-3-7(8)10-9-11(14)15-5-16-12(9)18-17-10/h2-5H,1H3,(H3,14,15,16,17,18). The van der Waals surface area contributed by atoms with Gasteiger partial charge in [0.05, 0.1) is 18.2 Å². The molecule has 0 radical (unpaired) electrons. The van der Waals surface area contributed by atoms with Gasteiger partial charge in [-0.25, -0.2) is 14.4 Å². The van der Waals surface area contributed by atoms with E-state index in [0.29, 0.717) is 33.9 Å². The number of hydrogen-bond donors (Lipinski definition) is 2. The number of benzene rings is 1. The van der Waals surface area contributed by atoms with Gasteiger partial charge in [0, 0.05) is 11.6 Å². The molecule has 96 valence electrons. The molecule has 6 nitrogen and oxygen atoms in total. The number of nitrogens with zero attached hydrogens (tertiary/aromatic N) is 3.